The van der Waals surface area contributed by atoms with Gasteiger partial charge in [-0.1, -0.05) is 0 Å². The number of ketones is 1. The van der Waals surface area contributed by atoms with E-state index in [1.54, 1.807) is 24.3 Å². The molecule has 34 heavy (non-hydrogen) atoms. The fraction of sp³-hybridized carbons (Fsp3) is 0.200. The van der Waals surface area contributed by atoms with Crippen molar-refractivity contribution in [3.63, 3.8) is 0 Å². The van der Waals surface area contributed by atoms with Crippen LogP contribution in [0, 0.1) is 5.82 Å². The maximum absolute atomic E-state index is 13.4. The molecule has 4 rings (SSSR count). The minimum Gasteiger partial charge on any atom is -0.507 e. The summed E-state index contributed by atoms with van der Waals surface area (Å²) in [5, 5.41) is 11.1. The molecular weight excluding hydrogens is 445 g/mol. The summed E-state index contributed by atoms with van der Waals surface area (Å²) in [6.07, 6.45) is 1.46. The van der Waals surface area contributed by atoms with E-state index in [-0.39, 0.29) is 17.7 Å². The van der Waals surface area contributed by atoms with Crippen molar-refractivity contribution in [1.82, 2.24) is 4.90 Å². The number of likely N-dealkylation sites (tertiary alicyclic amines) is 1. The van der Waals surface area contributed by atoms with Crippen LogP contribution in [0.1, 0.15) is 22.9 Å². The zero-order chi connectivity index (χ0) is 24.4. The van der Waals surface area contributed by atoms with Crippen LogP contribution in [0.4, 0.5) is 4.39 Å². The van der Waals surface area contributed by atoms with Gasteiger partial charge in [0.15, 0.2) is 11.5 Å². The molecule has 176 valence electrons. The summed E-state index contributed by atoms with van der Waals surface area (Å²) in [6, 6.07) is 10.5. The lowest BCUT2D eigenvalue weighted by Gasteiger charge is -2.26. The Morgan fingerprint density at radius 1 is 1.03 bits per heavy atom. The van der Waals surface area contributed by atoms with Crippen molar-refractivity contribution >= 4 is 17.4 Å². The number of hydrogen-bond acceptors (Lipinski definition) is 7. The topological polar surface area (TPSA) is 98.4 Å². The molecule has 2 aromatic carbocycles. The van der Waals surface area contributed by atoms with Crippen molar-refractivity contribution < 1.29 is 37.7 Å². The highest BCUT2D eigenvalue weighted by atomic mass is 19.1. The average Bonchev–Trinajstić information content (AvgIpc) is 3.45. The molecule has 1 aromatic heterocycles. The van der Waals surface area contributed by atoms with Gasteiger partial charge in [-0.25, -0.2) is 4.39 Å². The Balaban J connectivity index is 1.94. The average molecular weight is 467 g/mol. The predicted octanol–water partition coefficient (Wildman–Crippen LogP) is 4.07. The van der Waals surface area contributed by atoms with Gasteiger partial charge in [0.25, 0.3) is 11.7 Å². The molecule has 1 N–H and O–H groups in total. The first-order valence-corrected chi connectivity index (χ1v) is 10.3. The molecule has 0 spiro atoms. The Morgan fingerprint density at radius 2 is 1.68 bits per heavy atom. The number of carbonyl (C=O) groups is 2. The van der Waals surface area contributed by atoms with Crippen molar-refractivity contribution in [2.75, 3.05) is 21.3 Å². The van der Waals surface area contributed by atoms with Gasteiger partial charge in [-0.15, -0.1) is 0 Å². The highest BCUT2D eigenvalue weighted by Gasteiger charge is 2.47. The van der Waals surface area contributed by atoms with E-state index in [9.17, 15) is 19.1 Å². The van der Waals surface area contributed by atoms with Gasteiger partial charge in [0.2, 0.25) is 5.75 Å². The number of Topliss-reactive ketones (excluding diaryl/α,β-unsaturated/α-hetero) is 1. The molecule has 1 atom stereocenters. The molecule has 1 unspecified atom stereocenters. The fourth-order valence-electron chi connectivity index (χ4n) is 3.98. The highest BCUT2D eigenvalue weighted by molar-refractivity contribution is 6.46. The van der Waals surface area contributed by atoms with Crippen molar-refractivity contribution in [2.45, 2.75) is 12.6 Å². The summed E-state index contributed by atoms with van der Waals surface area (Å²) < 4.78 is 35.1. The molecule has 3 aromatic rings. The first-order chi connectivity index (χ1) is 16.4. The van der Waals surface area contributed by atoms with Crippen LogP contribution < -0.4 is 14.2 Å². The molecular formula is C25H22FNO7. The van der Waals surface area contributed by atoms with Crippen LogP contribution in [-0.2, 0) is 16.1 Å². The third kappa shape index (κ3) is 3.96. The van der Waals surface area contributed by atoms with Crippen LogP contribution in [0.15, 0.2) is 64.8 Å². The van der Waals surface area contributed by atoms with Crippen LogP contribution in [0.2, 0.25) is 0 Å². The van der Waals surface area contributed by atoms with Gasteiger partial charge in [-0.2, -0.15) is 0 Å². The molecule has 1 aliphatic rings. The minimum absolute atomic E-state index is 0.0287. The fourth-order valence-corrected chi connectivity index (χ4v) is 3.98. The van der Waals surface area contributed by atoms with Crippen molar-refractivity contribution in [1.29, 1.82) is 0 Å². The Hall–Kier alpha value is -4.27. The number of aliphatic hydroxyl groups is 1. The van der Waals surface area contributed by atoms with Gasteiger partial charge in [0.1, 0.15) is 17.3 Å². The maximum atomic E-state index is 13.4. The minimum atomic E-state index is -1.01. The van der Waals surface area contributed by atoms with Crippen LogP contribution >= 0.6 is 0 Å². The van der Waals surface area contributed by atoms with Gasteiger partial charge in [-0.05, 0) is 54.1 Å². The Morgan fingerprint density at radius 3 is 2.21 bits per heavy atom. The summed E-state index contributed by atoms with van der Waals surface area (Å²) in [7, 11) is 4.34. The van der Waals surface area contributed by atoms with E-state index in [0.29, 0.717) is 28.6 Å². The largest absolute Gasteiger partial charge is 0.507 e. The number of nitrogens with zero attached hydrogens (tertiary/aromatic N) is 1. The van der Waals surface area contributed by atoms with Crippen molar-refractivity contribution in [2.24, 2.45) is 0 Å². The molecule has 1 saturated heterocycles. The van der Waals surface area contributed by atoms with Gasteiger partial charge in [0, 0.05) is 5.56 Å². The summed E-state index contributed by atoms with van der Waals surface area (Å²) >= 11 is 0. The molecule has 0 saturated carbocycles. The lowest BCUT2D eigenvalue weighted by atomic mass is 9.94. The lowest BCUT2D eigenvalue weighted by molar-refractivity contribution is -0.140. The molecule has 1 aliphatic heterocycles. The summed E-state index contributed by atoms with van der Waals surface area (Å²) in [5.41, 5.74) is 0.469. The second kappa shape index (κ2) is 9.30. The maximum Gasteiger partial charge on any atom is 0.296 e. The monoisotopic (exact) mass is 467 g/mol. The van der Waals surface area contributed by atoms with E-state index >= 15 is 0 Å². The molecule has 0 radical (unpaired) electrons. The molecule has 8 nitrogen and oxygen atoms in total. The smallest absolute Gasteiger partial charge is 0.296 e. The van der Waals surface area contributed by atoms with Gasteiger partial charge in [-0.3, -0.25) is 9.59 Å². The van der Waals surface area contributed by atoms with Gasteiger partial charge < -0.3 is 28.6 Å². The summed E-state index contributed by atoms with van der Waals surface area (Å²) in [6.45, 7) is -0.0287. The number of furan rings is 1. The number of amides is 1. The summed E-state index contributed by atoms with van der Waals surface area (Å²) in [4.78, 5) is 27.5. The Kier molecular flexibility index (Phi) is 6.27. The molecule has 9 heteroatoms. The number of rotatable bonds is 7. The number of hydrogen-bond donors (Lipinski definition) is 1. The Bertz CT molecular complexity index is 1220. The molecule has 0 aliphatic carbocycles. The van der Waals surface area contributed by atoms with E-state index in [4.69, 9.17) is 18.6 Å². The van der Waals surface area contributed by atoms with E-state index in [0.717, 1.165) is 12.1 Å². The SMILES string of the molecule is COc1cc(C2/C(=C(\O)c3ccc(F)cc3)C(=O)C(=O)N2Cc2ccco2)cc(OC)c1OC. The second-order valence-corrected chi connectivity index (χ2v) is 7.47. The first-order valence-electron chi connectivity index (χ1n) is 10.3. The van der Waals surface area contributed by atoms with Crippen molar-refractivity contribution in [3.05, 3.63) is 83.1 Å². The quantitative estimate of drug-likeness (QED) is 0.318. The third-order valence-electron chi connectivity index (χ3n) is 5.57. The zero-order valence-electron chi connectivity index (χ0n) is 18.7. The number of methoxy groups -OCH3 is 3. The van der Waals surface area contributed by atoms with Gasteiger partial charge in [0.05, 0.1) is 45.8 Å². The van der Waals surface area contributed by atoms with Crippen LogP contribution in [0.3, 0.4) is 0 Å². The first kappa shape index (κ1) is 22.9. The molecule has 1 fully saturated rings. The number of carbonyl (C=O) groups excluding carboxylic acids is 2. The van der Waals surface area contributed by atoms with E-state index < -0.39 is 29.3 Å². The van der Waals surface area contributed by atoms with Crippen LogP contribution in [0.25, 0.3) is 5.76 Å². The zero-order valence-corrected chi connectivity index (χ0v) is 18.7. The second-order valence-electron chi connectivity index (χ2n) is 7.47. The summed E-state index contributed by atoms with van der Waals surface area (Å²) in [5.74, 6) is -1.25. The normalized spacial score (nSPS) is 17.2. The van der Waals surface area contributed by atoms with Crippen LogP contribution in [-0.4, -0.2) is 43.0 Å². The Labute approximate surface area is 194 Å². The number of benzene rings is 2. The van der Waals surface area contributed by atoms with E-state index in [1.165, 1.54) is 44.6 Å². The van der Waals surface area contributed by atoms with E-state index in [1.807, 2.05) is 0 Å². The molecule has 0 bridgehead atoms. The van der Waals surface area contributed by atoms with Crippen molar-refractivity contribution in [3.8, 4) is 17.2 Å². The number of aliphatic hydroxyl groups excluding tert-OH is 1. The predicted molar refractivity (Wildman–Crippen MR) is 119 cm³/mol. The third-order valence-corrected chi connectivity index (χ3v) is 5.57. The highest BCUT2D eigenvalue weighted by Crippen LogP contribution is 2.46. The molecule has 2 heterocycles. The standard InChI is InChI=1S/C25H22FNO7/c1-31-18-11-15(12-19(32-2)24(18)33-3)21-20(22(28)14-6-8-16(26)9-7-14)23(29)25(30)27(21)13-17-5-4-10-34-17/h4-12,21,28H,13H2,1-3H3/b22-20+. The molecule has 1 amide bonds. The lowest BCUT2D eigenvalue weighted by Crippen LogP contribution is -2.29. The number of ether oxygens (including phenoxy) is 3. The van der Waals surface area contributed by atoms with E-state index in [2.05, 4.69) is 0 Å². The van der Waals surface area contributed by atoms with Crippen LogP contribution in [0.5, 0.6) is 17.2 Å². The number of halogens is 1. The van der Waals surface area contributed by atoms with Gasteiger partial charge >= 0.3 is 0 Å².